The fraction of sp³-hybridized carbons (Fsp3) is 0.462. The van der Waals surface area contributed by atoms with Crippen molar-refractivity contribution in [3.05, 3.63) is 35.4 Å². The monoisotopic (exact) mass is 321 g/mol. The quantitative estimate of drug-likeness (QED) is 0.923. The summed E-state index contributed by atoms with van der Waals surface area (Å²) in [7, 11) is -3.16. The average molecular weight is 321 g/mol. The van der Waals surface area contributed by atoms with Crippen molar-refractivity contribution in [1.29, 1.82) is 0 Å². The number of benzene rings is 1. The molecule has 1 heterocycles. The maximum Gasteiger partial charge on any atom is 0.416 e. The van der Waals surface area contributed by atoms with Crippen molar-refractivity contribution in [3.63, 3.8) is 0 Å². The van der Waals surface area contributed by atoms with E-state index >= 15 is 0 Å². The molecule has 1 aromatic rings. The second kappa shape index (κ2) is 5.67. The largest absolute Gasteiger partial charge is 0.416 e. The van der Waals surface area contributed by atoms with Crippen LogP contribution < -0.4 is 5.32 Å². The number of carbonyl (C=O) groups is 1. The average Bonchev–Trinajstić information content (AvgIpc) is 2.76. The van der Waals surface area contributed by atoms with Crippen LogP contribution >= 0.6 is 0 Å². The predicted molar refractivity (Wildman–Crippen MR) is 70.1 cm³/mol. The van der Waals surface area contributed by atoms with Crippen molar-refractivity contribution in [2.75, 3.05) is 11.5 Å². The van der Waals surface area contributed by atoms with Gasteiger partial charge >= 0.3 is 6.18 Å². The summed E-state index contributed by atoms with van der Waals surface area (Å²) >= 11 is 0. The molecule has 1 fully saturated rings. The number of hydrogen-bond donors (Lipinski definition) is 1. The lowest BCUT2D eigenvalue weighted by Crippen LogP contribution is -2.31. The van der Waals surface area contributed by atoms with E-state index in [4.69, 9.17) is 0 Å². The summed E-state index contributed by atoms with van der Waals surface area (Å²) in [5.74, 6) is -1.26. The number of carbonyl (C=O) groups excluding carboxylic acids is 1. The number of nitrogens with one attached hydrogen (secondary N) is 1. The Morgan fingerprint density at radius 1 is 1.33 bits per heavy atom. The van der Waals surface area contributed by atoms with Crippen molar-refractivity contribution in [3.8, 4) is 0 Å². The Morgan fingerprint density at radius 2 is 2.05 bits per heavy atom. The van der Waals surface area contributed by atoms with E-state index in [-0.39, 0.29) is 24.5 Å². The zero-order chi connectivity index (χ0) is 15.7. The van der Waals surface area contributed by atoms with Gasteiger partial charge in [0, 0.05) is 6.54 Å². The molecule has 1 atom stereocenters. The Kier molecular flexibility index (Phi) is 4.27. The number of halogens is 3. The standard InChI is InChI=1S/C13H14F3NO3S/c14-13(15,16)11-3-1-2-9(6-11)7-17-12(18)10-4-5-21(19,20)8-10/h1-3,6,10H,4-5,7-8H2,(H,17,18). The van der Waals surface area contributed by atoms with Gasteiger partial charge in [-0.2, -0.15) is 13.2 Å². The molecule has 1 saturated heterocycles. The number of rotatable bonds is 3. The Bertz CT molecular complexity index is 640. The van der Waals surface area contributed by atoms with Crippen molar-refractivity contribution in [1.82, 2.24) is 5.32 Å². The van der Waals surface area contributed by atoms with Gasteiger partial charge in [-0.05, 0) is 24.1 Å². The lowest BCUT2D eigenvalue weighted by molar-refractivity contribution is -0.137. The van der Waals surface area contributed by atoms with Crippen molar-refractivity contribution < 1.29 is 26.4 Å². The molecule has 0 radical (unpaired) electrons. The van der Waals surface area contributed by atoms with E-state index in [1.54, 1.807) is 0 Å². The molecule has 1 aromatic carbocycles. The van der Waals surface area contributed by atoms with Crippen molar-refractivity contribution in [2.24, 2.45) is 5.92 Å². The molecule has 1 aliphatic rings. The van der Waals surface area contributed by atoms with Crippen LogP contribution in [0, 0.1) is 5.92 Å². The Morgan fingerprint density at radius 3 is 2.62 bits per heavy atom. The van der Waals surface area contributed by atoms with Crippen molar-refractivity contribution >= 4 is 15.7 Å². The lowest BCUT2D eigenvalue weighted by Gasteiger charge is -2.11. The number of hydrogen-bond acceptors (Lipinski definition) is 3. The minimum atomic E-state index is -4.43. The molecule has 0 aromatic heterocycles. The summed E-state index contributed by atoms with van der Waals surface area (Å²) < 4.78 is 60.2. The molecule has 0 bridgehead atoms. The second-order valence-corrected chi connectivity index (χ2v) is 7.24. The van der Waals surface area contributed by atoms with Crippen LogP contribution in [0.2, 0.25) is 0 Å². The minimum absolute atomic E-state index is 0.0192. The highest BCUT2D eigenvalue weighted by Gasteiger charge is 2.33. The first-order valence-corrected chi connectivity index (χ1v) is 8.14. The number of alkyl halides is 3. The van der Waals surface area contributed by atoms with Crippen LogP contribution in [0.4, 0.5) is 13.2 Å². The van der Waals surface area contributed by atoms with E-state index in [0.717, 1.165) is 12.1 Å². The van der Waals surface area contributed by atoms with Crippen LogP contribution in [-0.4, -0.2) is 25.8 Å². The SMILES string of the molecule is O=C(NCc1cccc(C(F)(F)F)c1)C1CCS(=O)(=O)C1. The number of amides is 1. The highest BCUT2D eigenvalue weighted by Crippen LogP contribution is 2.29. The first-order chi connectivity index (χ1) is 9.67. The van der Waals surface area contributed by atoms with Gasteiger partial charge in [-0.15, -0.1) is 0 Å². The van der Waals surface area contributed by atoms with Gasteiger partial charge in [0.25, 0.3) is 0 Å². The lowest BCUT2D eigenvalue weighted by atomic mass is 10.1. The second-order valence-electron chi connectivity index (χ2n) is 5.02. The maximum absolute atomic E-state index is 12.5. The van der Waals surface area contributed by atoms with E-state index in [2.05, 4.69) is 5.32 Å². The van der Waals surface area contributed by atoms with E-state index in [1.807, 2.05) is 0 Å². The van der Waals surface area contributed by atoms with Crippen LogP contribution in [-0.2, 0) is 27.4 Å². The van der Waals surface area contributed by atoms with E-state index in [0.29, 0.717) is 5.56 Å². The van der Waals surface area contributed by atoms with Gasteiger partial charge in [0.1, 0.15) is 0 Å². The summed E-state index contributed by atoms with van der Waals surface area (Å²) in [6.45, 7) is -0.0562. The molecule has 8 heteroatoms. The molecule has 21 heavy (non-hydrogen) atoms. The van der Waals surface area contributed by atoms with Gasteiger partial charge in [-0.3, -0.25) is 4.79 Å². The normalized spacial score (nSPS) is 21.2. The highest BCUT2D eigenvalue weighted by atomic mass is 32.2. The fourth-order valence-electron chi connectivity index (χ4n) is 2.19. The van der Waals surface area contributed by atoms with E-state index < -0.39 is 33.4 Å². The molecule has 1 N–H and O–H groups in total. The van der Waals surface area contributed by atoms with Crippen molar-refractivity contribution in [2.45, 2.75) is 19.1 Å². The molecule has 0 saturated carbocycles. The molecule has 4 nitrogen and oxygen atoms in total. The summed E-state index contributed by atoms with van der Waals surface area (Å²) in [5.41, 5.74) is -0.461. The highest BCUT2D eigenvalue weighted by molar-refractivity contribution is 7.91. The molecule has 1 aliphatic heterocycles. The van der Waals surface area contributed by atoms with E-state index in [1.165, 1.54) is 12.1 Å². The topological polar surface area (TPSA) is 63.2 Å². The molecular formula is C13H14F3NO3S. The van der Waals surface area contributed by atoms with Gasteiger partial charge in [0.2, 0.25) is 5.91 Å². The fourth-order valence-corrected chi connectivity index (χ4v) is 3.93. The van der Waals surface area contributed by atoms with Crippen LogP contribution in [0.1, 0.15) is 17.5 Å². The Balaban J connectivity index is 1.96. The van der Waals surface area contributed by atoms with Crippen LogP contribution in [0.15, 0.2) is 24.3 Å². The van der Waals surface area contributed by atoms with Gasteiger partial charge in [0.05, 0.1) is 23.0 Å². The molecule has 116 valence electrons. The molecule has 2 rings (SSSR count). The third-order valence-electron chi connectivity index (χ3n) is 3.32. The summed E-state index contributed by atoms with van der Waals surface area (Å²) in [4.78, 5) is 11.8. The molecule has 0 spiro atoms. The van der Waals surface area contributed by atoms with Crippen LogP contribution in [0.25, 0.3) is 0 Å². The summed E-state index contributed by atoms with van der Waals surface area (Å²) in [5, 5.41) is 2.49. The zero-order valence-electron chi connectivity index (χ0n) is 11.0. The number of sulfone groups is 1. The maximum atomic E-state index is 12.5. The van der Waals surface area contributed by atoms with E-state index in [9.17, 15) is 26.4 Å². The first-order valence-electron chi connectivity index (χ1n) is 6.32. The Hall–Kier alpha value is -1.57. The van der Waals surface area contributed by atoms with Crippen LogP contribution in [0.3, 0.4) is 0 Å². The van der Waals surface area contributed by atoms with Gasteiger partial charge in [0.15, 0.2) is 9.84 Å². The molecular weight excluding hydrogens is 307 g/mol. The molecule has 1 amide bonds. The molecule has 1 unspecified atom stereocenters. The first kappa shape index (κ1) is 15.8. The van der Waals surface area contributed by atoms with Gasteiger partial charge in [-0.25, -0.2) is 8.42 Å². The zero-order valence-corrected chi connectivity index (χ0v) is 11.8. The predicted octanol–water partition coefficient (Wildman–Crippen LogP) is 1.76. The third-order valence-corrected chi connectivity index (χ3v) is 5.09. The smallest absolute Gasteiger partial charge is 0.352 e. The van der Waals surface area contributed by atoms with Gasteiger partial charge < -0.3 is 5.32 Å². The minimum Gasteiger partial charge on any atom is -0.352 e. The van der Waals surface area contributed by atoms with Gasteiger partial charge in [-0.1, -0.05) is 12.1 Å². The Labute approximate surface area is 120 Å². The molecule has 0 aliphatic carbocycles. The summed E-state index contributed by atoms with van der Waals surface area (Å²) in [6.07, 6.45) is -4.17. The third kappa shape index (κ3) is 4.20. The summed E-state index contributed by atoms with van der Waals surface area (Å²) in [6, 6.07) is 4.66. The van der Waals surface area contributed by atoms with Crippen LogP contribution in [0.5, 0.6) is 0 Å².